The van der Waals surface area contributed by atoms with Crippen LogP contribution in [0.2, 0.25) is 5.31 Å². The van der Waals surface area contributed by atoms with Gasteiger partial charge in [-0.1, -0.05) is 60.7 Å². The first kappa shape index (κ1) is 20.1. The highest BCUT2D eigenvalue weighted by molar-refractivity contribution is 6.70. The molecule has 0 amide bonds. The Labute approximate surface area is 162 Å². The van der Waals surface area contributed by atoms with E-state index in [-0.39, 0.29) is 17.9 Å². The molecule has 27 heavy (non-hydrogen) atoms. The summed E-state index contributed by atoms with van der Waals surface area (Å²) in [5.74, 6) is 2.87. The van der Waals surface area contributed by atoms with Gasteiger partial charge in [-0.05, 0) is 72.6 Å². The second-order valence-electron chi connectivity index (χ2n) is 8.87. The van der Waals surface area contributed by atoms with E-state index in [0.29, 0.717) is 5.31 Å². The standard InChI is InChI=1S/C23H27BO.2H2O/c1-3-7-18(8-4-1)17-25-24(22-9-5-2-6-10-22)23-14-19-11-20(15-23)13-21(12-19)16-23;;/h1-10,19-21H,11-17H2;2*1H2. The molecule has 3 nitrogen and oxygen atoms in total. The van der Waals surface area contributed by atoms with E-state index < -0.39 is 0 Å². The van der Waals surface area contributed by atoms with Crippen LogP contribution in [0.4, 0.5) is 0 Å². The fourth-order valence-electron chi connectivity index (χ4n) is 6.51. The van der Waals surface area contributed by atoms with Crippen molar-refractivity contribution in [2.24, 2.45) is 17.8 Å². The van der Waals surface area contributed by atoms with Crippen LogP contribution in [-0.4, -0.2) is 17.9 Å². The Hall–Kier alpha value is -1.62. The van der Waals surface area contributed by atoms with Gasteiger partial charge in [-0.25, -0.2) is 0 Å². The third-order valence-corrected chi connectivity index (χ3v) is 7.00. The van der Waals surface area contributed by atoms with E-state index >= 15 is 0 Å². The van der Waals surface area contributed by atoms with Crippen LogP contribution in [0, 0.1) is 17.8 Å². The van der Waals surface area contributed by atoms with Crippen molar-refractivity contribution in [2.45, 2.75) is 50.4 Å². The van der Waals surface area contributed by atoms with E-state index in [1.54, 1.807) is 0 Å². The lowest BCUT2D eigenvalue weighted by molar-refractivity contribution is 0.0194. The number of benzene rings is 2. The molecule has 0 aromatic heterocycles. The molecule has 4 heteroatoms. The van der Waals surface area contributed by atoms with Gasteiger partial charge in [-0.3, -0.25) is 0 Å². The largest absolute Gasteiger partial charge is 0.426 e. The second kappa shape index (κ2) is 8.18. The highest BCUT2D eigenvalue weighted by atomic mass is 16.4. The van der Waals surface area contributed by atoms with E-state index in [0.717, 1.165) is 24.4 Å². The Morgan fingerprint density at radius 3 is 1.74 bits per heavy atom. The Kier molecular flexibility index (Phi) is 6.10. The minimum absolute atomic E-state index is 0. The van der Waals surface area contributed by atoms with Crippen LogP contribution in [0.1, 0.15) is 44.1 Å². The molecule has 4 aliphatic carbocycles. The average molecular weight is 366 g/mol. The Morgan fingerprint density at radius 2 is 1.22 bits per heavy atom. The van der Waals surface area contributed by atoms with Crippen molar-refractivity contribution in [1.29, 1.82) is 0 Å². The van der Waals surface area contributed by atoms with Gasteiger partial charge in [-0.2, -0.15) is 0 Å². The first-order valence-electron chi connectivity index (χ1n) is 10.0. The van der Waals surface area contributed by atoms with E-state index in [2.05, 4.69) is 60.7 Å². The van der Waals surface area contributed by atoms with Gasteiger partial charge < -0.3 is 15.6 Å². The molecule has 0 radical (unpaired) electrons. The Morgan fingerprint density at radius 1 is 0.741 bits per heavy atom. The maximum absolute atomic E-state index is 6.70. The fraction of sp³-hybridized carbons (Fsp3) is 0.478. The van der Waals surface area contributed by atoms with Gasteiger partial charge >= 0.3 is 6.92 Å². The summed E-state index contributed by atoms with van der Waals surface area (Å²) in [5, 5.41) is 0.380. The maximum atomic E-state index is 6.70. The van der Waals surface area contributed by atoms with Gasteiger partial charge in [0, 0.05) is 0 Å². The highest BCUT2D eigenvalue weighted by Crippen LogP contribution is 2.65. The van der Waals surface area contributed by atoms with Crippen LogP contribution in [-0.2, 0) is 11.3 Å². The van der Waals surface area contributed by atoms with E-state index in [1.807, 2.05) is 0 Å². The molecule has 2 aromatic rings. The van der Waals surface area contributed by atoms with E-state index in [1.165, 1.54) is 49.6 Å². The monoisotopic (exact) mass is 366 g/mol. The molecule has 4 aliphatic rings. The van der Waals surface area contributed by atoms with Crippen molar-refractivity contribution in [3.63, 3.8) is 0 Å². The molecule has 0 saturated heterocycles. The molecule has 0 atom stereocenters. The quantitative estimate of drug-likeness (QED) is 0.748. The molecule has 4 N–H and O–H groups in total. The molecule has 4 saturated carbocycles. The van der Waals surface area contributed by atoms with Crippen molar-refractivity contribution in [2.75, 3.05) is 0 Å². The summed E-state index contributed by atoms with van der Waals surface area (Å²) < 4.78 is 6.70. The molecule has 2 aromatic carbocycles. The third-order valence-electron chi connectivity index (χ3n) is 7.00. The molecule has 6 rings (SSSR count). The summed E-state index contributed by atoms with van der Waals surface area (Å²) in [7, 11) is 0. The maximum Gasteiger partial charge on any atom is 0.333 e. The van der Waals surface area contributed by atoms with Crippen molar-refractivity contribution in [3.8, 4) is 0 Å². The molecular formula is C23H31BO3. The molecule has 0 aliphatic heterocycles. The van der Waals surface area contributed by atoms with E-state index in [4.69, 9.17) is 4.65 Å². The van der Waals surface area contributed by atoms with Crippen LogP contribution >= 0.6 is 0 Å². The predicted molar refractivity (Wildman–Crippen MR) is 111 cm³/mol. The van der Waals surface area contributed by atoms with Crippen molar-refractivity contribution >= 4 is 12.4 Å². The first-order valence-corrected chi connectivity index (χ1v) is 10.0. The number of hydrogen-bond donors (Lipinski definition) is 0. The zero-order chi connectivity index (χ0) is 16.7. The predicted octanol–water partition coefficient (Wildman–Crippen LogP) is 3.42. The molecule has 0 heterocycles. The molecule has 0 spiro atoms. The summed E-state index contributed by atoms with van der Waals surface area (Å²) in [6.07, 6.45) is 8.60. The zero-order valence-corrected chi connectivity index (χ0v) is 15.9. The van der Waals surface area contributed by atoms with Crippen LogP contribution < -0.4 is 5.46 Å². The lowest BCUT2D eigenvalue weighted by atomic mass is 9.30. The summed E-state index contributed by atoms with van der Waals surface area (Å²) in [6.45, 7) is 0.976. The third kappa shape index (κ3) is 3.84. The average Bonchev–Trinajstić information content (AvgIpc) is 2.62. The Balaban J connectivity index is 0.00000105. The molecule has 4 fully saturated rings. The minimum Gasteiger partial charge on any atom is -0.426 e. The number of hydrogen-bond acceptors (Lipinski definition) is 1. The van der Waals surface area contributed by atoms with Crippen LogP contribution in [0.3, 0.4) is 0 Å². The zero-order valence-electron chi connectivity index (χ0n) is 15.9. The summed E-state index contributed by atoms with van der Waals surface area (Å²) in [6, 6.07) is 21.7. The smallest absolute Gasteiger partial charge is 0.333 e. The van der Waals surface area contributed by atoms with Crippen molar-refractivity contribution < 1.29 is 15.6 Å². The summed E-state index contributed by atoms with van der Waals surface area (Å²) in [4.78, 5) is 0. The second-order valence-corrected chi connectivity index (χ2v) is 8.87. The summed E-state index contributed by atoms with van der Waals surface area (Å²) in [5.41, 5.74) is 2.67. The normalized spacial score (nSPS) is 30.3. The number of rotatable bonds is 5. The Bertz CT molecular complexity index is 684. The fourth-order valence-corrected chi connectivity index (χ4v) is 6.51. The van der Waals surface area contributed by atoms with Crippen LogP contribution in [0.15, 0.2) is 60.7 Å². The van der Waals surface area contributed by atoms with Crippen LogP contribution in [0.5, 0.6) is 0 Å². The highest BCUT2D eigenvalue weighted by Gasteiger charge is 2.56. The van der Waals surface area contributed by atoms with Gasteiger partial charge in [0.15, 0.2) is 0 Å². The molecule has 0 unspecified atom stereocenters. The topological polar surface area (TPSA) is 72.2 Å². The SMILES string of the molecule is O.O.c1ccc(COB(c2ccccc2)C23CC4CC(CC(C4)C2)C3)cc1. The van der Waals surface area contributed by atoms with Gasteiger partial charge in [0.2, 0.25) is 0 Å². The minimum atomic E-state index is 0. The lowest BCUT2D eigenvalue weighted by Gasteiger charge is -2.58. The lowest BCUT2D eigenvalue weighted by Crippen LogP contribution is -2.54. The summed E-state index contributed by atoms with van der Waals surface area (Å²) >= 11 is 0. The first-order chi connectivity index (χ1) is 12.3. The van der Waals surface area contributed by atoms with Crippen molar-refractivity contribution in [3.05, 3.63) is 66.2 Å². The van der Waals surface area contributed by atoms with Gasteiger partial charge in [0.25, 0.3) is 0 Å². The molecule has 144 valence electrons. The molecular weight excluding hydrogens is 335 g/mol. The molecule has 4 bridgehead atoms. The van der Waals surface area contributed by atoms with Gasteiger partial charge in [0.05, 0.1) is 6.61 Å². The van der Waals surface area contributed by atoms with Gasteiger partial charge in [0.1, 0.15) is 0 Å². The van der Waals surface area contributed by atoms with Gasteiger partial charge in [-0.15, -0.1) is 0 Å². The van der Waals surface area contributed by atoms with Crippen molar-refractivity contribution in [1.82, 2.24) is 0 Å². The van der Waals surface area contributed by atoms with E-state index in [9.17, 15) is 0 Å². The van der Waals surface area contributed by atoms with Crippen LogP contribution in [0.25, 0.3) is 0 Å².